The Kier molecular flexibility index (Phi) is 6.45. The molecule has 0 heterocycles. The third-order valence-corrected chi connectivity index (χ3v) is 5.49. The SMILES string of the molecule is CO[Si](CCC(F)(F)C(F)(F)C(F)(F)CF)(OC)OC. The Balaban J connectivity index is 5.08. The van der Waals surface area contributed by atoms with Crippen LogP contribution in [-0.2, 0) is 13.3 Å². The van der Waals surface area contributed by atoms with Crippen LogP contribution >= 0.6 is 0 Å². The average molecular weight is 332 g/mol. The zero-order valence-electron chi connectivity index (χ0n) is 11.0. The molecule has 0 radical (unpaired) electrons. The summed E-state index contributed by atoms with van der Waals surface area (Å²) in [6.07, 6.45) is -1.70. The predicted molar refractivity (Wildman–Crippen MR) is 57.0 cm³/mol. The van der Waals surface area contributed by atoms with E-state index in [9.17, 15) is 30.7 Å². The minimum absolute atomic E-state index is 0.832. The summed E-state index contributed by atoms with van der Waals surface area (Å²) in [5.74, 6) is -16.4. The molecular formula is C9H15F7O3Si. The van der Waals surface area contributed by atoms with Crippen molar-refractivity contribution in [1.82, 2.24) is 0 Å². The van der Waals surface area contributed by atoms with Crippen LogP contribution in [0.25, 0.3) is 0 Å². The molecule has 0 aliphatic carbocycles. The van der Waals surface area contributed by atoms with Crippen molar-refractivity contribution in [2.45, 2.75) is 30.2 Å². The van der Waals surface area contributed by atoms with Crippen LogP contribution in [0.1, 0.15) is 6.42 Å². The summed E-state index contributed by atoms with van der Waals surface area (Å²) in [4.78, 5) is 0. The molecule has 0 fully saturated rings. The van der Waals surface area contributed by atoms with E-state index in [0.717, 1.165) is 21.3 Å². The molecule has 0 rings (SSSR count). The van der Waals surface area contributed by atoms with Gasteiger partial charge >= 0.3 is 26.6 Å². The van der Waals surface area contributed by atoms with Crippen LogP contribution < -0.4 is 0 Å². The molecule has 0 saturated heterocycles. The fourth-order valence-electron chi connectivity index (χ4n) is 1.37. The van der Waals surface area contributed by atoms with Gasteiger partial charge in [0.15, 0.2) is 6.67 Å². The smallest absolute Gasteiger partial charge is 0.377 e. The molecule has 0 spiro atoms. The van der Waals surface area contributed by atoms with E-state index in [0.29, 0.717) is 0 Å². The first-order valence-electron chi connectivity index (χ1n) is 5.30. The summed E-state index contributed by atoms with van der Waals surface area (Å²) in [6, 6.07) is -0.832. The molecule has 0 saturated carbocycles. The first-order valence-corrected chi connectivity index (χ1v) is 7.23. The van der Waals surface area contributed by atoms with E-state index in [4.69, 9.17) is 13.3 Å². The lowest BCUT2D eigenvalue weighted by atomic mass is 10.0. The second-order valence-electron chi connectivity index (χ2n) is 3.91. The van der Waals surface area contributed by atoms with Crippen molar-refractivity contribution >= 4 is 8.80 Å². The Morgan fingerprint density at radius 2 is 1.20 bits per heavy atom. The summed E-state index contributed by atoms with van der Waals surface area (Å²) in [7, 11) is -0.485. The van der Waals surface area contributed by atoms with Gasteiger partial charge in [-0.3, -0.25) is 0 Å². The molecule has 0 aliphatic heterocycles. The molecule has 0 aromatic carbocycles. The summed E-state index contributed by atoms with van der Waals surface area (Å²) >= 11 is 0. The number of halogens is 7. The fourth-order valence-corrected chi connectivity index (χ4v) is 3.11. The summed E-state index contributed by atoms with van der Waals surface area (Å²) in [6.45, 7) is -2.89. The second kappa shape index (κ2) is 6.58. The lowest BCUT2D eigenvalue weighted by Gasteiger charge is -2.33. The number of alkyl halides is 7. The van der Waals surface area contributed by atoms with Crippen LogP contribution in [0.4, 0.5) is 30.7 Å². The highest BCUT2D eigenvalue weighted by Gasteiger charge is 2.71. The van der Waals surface area contributed by atoms with Crippen LogP contribution in [0.3, 0.4) is 0 Å². The fraction of sp³-hybridized carbons (Fsp3) is 1.00. The van der Waals surface area contributed by atoms with Gasteiger partial charge in [-0.2, -0.15) is 26.3 Å². The number of hydrogen-bond donors (Lipinski definition) is 0. The van der Waals surface area contributed by atoms with E-state index in [2.05, 4.69) is 0 Å². The Bertz CT molecular complexity index is 302. The second-order valence-corrected chi connectivity index (χ2v) is 7.00. The standard InChI is InChI=1S/C9H15F7O3Si/c1-17-20(18-2,19-3)5-4-7(11,12)9(15,16)8(13,14)6-10/h4-6H2,1-3H3. The van der Waals surface area contributed by atoms with Gasteiger partial charge in [-0.15, -0.1) is 0 Å². The molecule has 0 amide bonds. The van der Waals surface area contributed by atoms with Crippen molar-refractivity contribution < 1.29 is 44.0 Å². The molecule has 20 heavy (non-hydrogen) atoms. The molecule has 0 aromatic heterocycles. The highest BCUT2D eigenvalue weighted by molar-refractivity contribution is 6.60. The van der Waals surface area contributed by atoms with Gasteiger partial charge in [0.1, 0.15) is 0 Å². The third kappa shape index (κ3) is 3.62. The van der Waals surface area contributed by atoms with Crippen molar-refractivity contribution in [3.05, 3.63) is 0 Å². The number of rotatable bonds is 9. The summed E-state index contributed by atoms with van der Waals surface area (Å²) in [5.41, 5.74) is 0. The quantitative estimate of drug-likeness (QED) is 0.480. The molecule has 0 bridgehead atoms. The third-order valence-electron chi connectivity index (χ3n) is 2.76. The average Bonchev–Trinajstić information content (AvgIpc) is 2.40. The molecule has 0 unspecified atom stereocenters. The van der Waals surface area contributed by atoms with Gasteiger partial charge < -0.3 is 13.3 Å². The first kappa shape index (κ1) is 19.6. The maximum atomic E-state index is 13.3. The molecule has 0 N–H and O–H groups in total. The lowest BCUT2D eigenvalue weighted by molar-refractivity contribution is -0.312. The highest BCUT2D eigenvalue weighted by Crippen LogP contribution is 2.48. The Morgan fingerprint density at radius 1 is 0.800 bits per heavy atom. The van der Waals surface area contributed by atoms with Gasteiger partial charge in [-0.25, -0.2) is 4.39 Å². The largest absolute Gasteiger partial charge is 0.500 e. The highest BCUT2D eigenvalue weighted by atomic mass is 28.4. The van der Waals surface area contributed by atoms with Crippen LogP contribution in [0, 0.1) is 0 Å². The van der Waals surface area contributed by atoms with Gasteiger partial charge in [0.25, 0.3) is 0 Å². The van der Waals surface area contributed by atoms with E-state index < -0.39 is 45.7 Å². The molecule has 122 valence electrons. The molecule has 3 nitrogen and oxygen atoms in total. The summed E-state index contributed by atoms with van der Waals surface area (Å²) in [5, 5.41) is 0. The topological polar surface area (TPSA) is 27.7 Å². The van der Waals surface area contributed by atoms with Gasteiger partial charge in [0, 0.05) is 33.8 Å². The first-order chi connectivity index (χ1) is 8.95. The van der Waals surface area contributed by atoms with Crippen LogP contribution in [0.2, 0.25) is 6.04 Å². The van der Waals surface area contributed by atoms with Crippen LogP contribution in [0.5, 0.6) is 0 Å². The maximum Gasteiger partial charge on any atom is 0.500 e. The molecule has 11 heteroatoms. The number of hydrogen-bond acceptors (Lipinski definition) is 3. The Morgan fingerprint density at radius 3 is 1.50 bits per heavy atom. The van der Waals surface area contributed by atoms with Gasteiger partial charge in [0.2, 0.25) is 0 Å². The predicted octanol–water partition coefficient (Wildman–Crippen LogP) is 3.13. The van der Waals surface area contributed by atoms with Gasteiger partial charge in [-0.1, -0.05) is 0 Å². The molecule has 0 atom stereocenters. The maximum absolute atomic E-state index is 13.3. The Labute approximate surface area is 112 Å². The lowest BCUT2D eigenvalue weighted by Crippen LogP contribution is -2.56. The van der Waals surface area contributed by atoms with E-state index in [-0.39, 0.29) is 0 Å². The van der Waals surface area contributed by atoms with Gasteiger partial charge in [-0.05, 0) is 0 Å². The van der Waals surface area contributed by atoms with Crippen molar-refractivity contribution in [1.29, 1.82) is 0 Å². The van der Waals surface area contributed by atoms with Crippen molar-refractivity contribution in [3.8, 4) is 0 Å². The minimum atomic E-state index is -5.83. The molecule has 0 aromatic rings. The zero-order valence-corrected chi connectivity index (χ0v) is 12.0. The Hall–Kier alpha value is -0.393. The summed E-state index contributed by atoms with van der Waals surface area (Å²) < 4.78 is 104. The van der Waals surface area contributed by atoms with Crippen LogP contribution in [0.15, 0.2) is 0 Å². The normalized spacial score (nSPS) is 14.7. The van der Waals surface area contributed by atoms with E-state index in [1.807, 2.05) is 0 Å². The van der Waals surface area contributed by atoms with Crippen molar-refractivity contribution in [2.24, 2.45) is 0 Å². The molecule has 0 aliphatic rings. The monoisotopic (exact) mass is 332 g/mol. The van der Waals surface area contributed by atoms with E-state index in [1.165, 1.54) is 0 Å². The minimum Gasteiger partial charge on any atom is -0.377 e. The van der Waals surface area contributed by atoms with E-state index >= 15 is 0 Å². The van der Waals surface area contributed by atoms with E-state index in [1.54, 1.807) is 0 Å². The van der Waals surface area contributed by atoms with Crippen molar-refractivity contribution in [3.63, 3.8) is 0 Å². The molecular weight excluding hydrogens is 317 g/mol. The van der Waals surface area contributed by atoms with Gasteiger partial charge in [0.05, 0.1) is 0 Å². The van der Waals surface area contributed by atoms with Crippen LogP contribution in [-0.4, -0.2) is 54.6 Å². The zero-order chi connectivity index (χ0) is 16.2. The van der Waals surface area contributed by atoms with Crippen molar-refractivity contribution in [2.75, 3.05) is 28.0 Å².